The largest absolute Gasteiger partial charge is 0.504 e. The number of aromatic nitrogens is 2. The fraction of sp³-hybridized carbons (Fsp3) is 0.0909. The summed E-state index contributed by atoms with van der Waals surface area (Å²) in [5.41, 5.74) is -0.755. The molecule has 1 aromatic heterocycles. The Balaban J connectivity index is 2.47. The molecule has 1 heterocycles. The number of hydrogen-bond acceptors (Lipinski definition) is 3. The number of rotatable bonds is 2. The van der Waals surface area contributed by atoms with Crippen LogP contribution in [-0.4, -0.2) is 14.9 Å². The standard InChI is InChI=1S/C11H7F2N3O/c12-9-4-7(6-16-3-1-2-15-16)10(13)11(17)8(9)5-14/h1-4,17H,6H2. The molecule has 17 heavy (non-hydrogen) atoms. The maximum absolute atomic E-state index is 13.6. The van der Waals surface area contributed by atoms with Crippen LogP contribution in [0.2, 0.25) is 0 Å². The predicted molar refractivity (Wildman–Crippen MR) is 54.1 cm³/mol. The Bertz CT molecular complexity index is 588. The summed E-state index contributed by atoms with van der Waals surface area (Å²) in [4.78, 5) is 0. The lowest BCUT2D eigenvalue weighted by Gasteiger charge is -2.07. The minimum atomic E-state index is -1.00. The molecule has 0 spiro atoms. The van der Waals surface area contributed by atoms with Gasteiger partial charge in [-0.05, 0) is 12.1 Å². The fourth-order valence-electron chi connectivity index (χ4n) is 1.45. The monoisotopic (exact) mass is 235 g/mol. The summed E-state index contributed by atoms with van der Waals surface area (Å²) in [6.45, 7) is -0.0188. The third-order valence-electron chi connectivity index (χ3n) is 2.27. The Morgan fingerprint density at radius 3 is 2.82 bits per heavy atom. The van der Waals surface area contributed by atoms with E-state index in [1.54, 1.807) is 12.3 Å². The van der Waals surface area contributed by atoms with Crippen molar-refractivity contribution in [2.75, 3.05) is 0 Å². The van der Waals surface area contributed by atoms with Gasteiger partial charge in [-0.15, -0.1) is 0 Å². The van der Waals surface area contributed by atoms with E-state index in [1.165, 1.54) is 16.9 Å². The molecule has 2 aromatic rings. The topological polar surface area (TPSA) is 61.8 Å². The molecule has 0 radical (unpaired) electrons. The van der Waals surface area contributed by atoms with Crippen molar-refractivity contribution in [1.82, 2.24) is 9.78 Å². The van der Waals surface area contributed by atoms with Crippen molar-refractivity contribution in [2.24, 2.45) is 0 Å². The van der Waals surface area contributed by atoms with E-state index in [0.29, 0.717) is 0 Å². The van der Waals surface area contributed by atoms with E-state index in [1.807, 2.05) is 0 Å². The molecule has 6 heteroatoms. The summed E-state index contributed by atoms with van der Waals surface area (Å²) in [7, 11) is 0. The Morgan fingerprint density at radius 2 is 2.24 bits per heavy atom. The van der Waals surface area contributed by atoms with Gasteiger partial charge in [0.1, 0.15) is 17.4 Å². The number of hydrogen-bond donors (Lipinski definition) is 1. The van der Waals surface area contributed by atoms with Crippen LogP contribution in [0.1, 0.15) is 11.1 Å². The van der Waals surface area contributed by atoms with Crippen molar-refractivity contribution < 1.29 is 13.9 Å². The Morgan fingerprint density at radius 1 is 1.47 bits per heavy atom. The SMILES string of the molecule is N#Cc1c(F)cc(Cn2cccn2)c(F)c1O. The number of phenols is 1. The van der Waals surface area contributed by atoms with Gasteiger partial charge in [0.05, 0.1) is 6.54 Å². The molecular formula is C11H7F2N3O. The highest BCUT2D eigenvalue weighted by Crippen LogP contribution is 2.27. The minimum Gasteiger partial charge on any atom is -0.504 e. The second-order valence-corrected chi connectivity index (χ2v) is 3.37. The van der Waals surface area contributed by atoms with Crippen LogP contribution in [0.3, 0.4) is 0 Å². The average Bonchev–Trinajstić information content (AvgIpc) is 2.79. The van der Waals surface area contributed by atoms with Gasteiger partial charge in [0.25, 0.3) is 0 Å². The molecule has 0 aliphatic carbocycles. The number of halogens is 2. The zero-order valence-electron chi connectivity index (χ0n) is 8.56. The molecule has 0 bridgehead atoms. The minimum absolute atomic E-state index is 0.0188. The second kappa shape index (κ2) is 4.22. The van der Waals surface area contributed by atoms with Crippen LogP contribution in [0.25, 0.3) is 0 Å². The van der Waals surface area contributed by atoms with E-state index < -0.39 is 22.9 Å². The van der Waals surface area contributed by atoms with Gasteiger partial charge >= 0.3 is 0 Å². The zero-order chi connectivity index (χ0) is 12.4. The summed E-state index contributed by atoms with van der Waals surface area (Å²) in [5.74, 6) is -2.92. The lowest BCUT2D eigenvalue weighted by atomic mass is 10.1. The summed E-state index contributed by atoms with van der Waals surface area (Å²) in [6.07, 6.45) is 3.07. The van der Waals surface area contributed by atoms with Gasteiger partial charge in [-0.3, -0.25) is 4.68 Å². The van der Waals surface area contributed by atoms with Crippen LogP contribution in [0.15, 0.2) is 24.5 Å². The molecule has 0 unspecified atom stereocenters. The third kappa shape index (κ3) is 1.95. The van der Waals surface area contributed by atoms with Gasteiger partial charge in [0.2, 0.25) is 0 Å². The van der Waals surface area contributed by atoms with Gasteiger partial charge in [-0.25, -0.2) is 8.78 Å². The highest BCUT2D eigenvalue weighted by molar-refractivity contribution is 5.46. The van der Waals surface area contributed by atoms with Gasteiger partial charge in [-0.2, -0.15) is 10.4 Å². The Hall–Kier alpha value is -2.42. The van der Waals surface area contributed by atoms with Crippen molar-refractivity contribution in [3.8, 4) is 11.8 Å². The van der Waals surface area contributed by atoms with Crippen LogP contribution >= 0.6 is 0 Å². The molecule has 0 fully saturated rings. The summed E-state index contributed by atoms with van der Waals surface area (Å²) < 4.78 is 28.3. The molecule has 0 aliphatic rings. The van der Waals surface area contributed by atoms with E-state index >= 15 is 0 Å². The van der Waals surface area contributed by atoms with Crippen molar-refractivity contribution in [3.05, 3.63) is 47.3 Å². The van der Waals surface area contributed by atoms with Gasteiger partial charge in [-0.1, -0.05) is 0 Å². The quantitative estimate of drug-likeness (QED) is 0.863. The van der Waals surface area contributed by atoms with E-state index in [0.717, 1.165) is 6.07 Å². The van der Waals surface area contributed by atoms with Crippen LogP contribution in [-0.2, 0) is 6.54 Å². The Kier molecular flexibility index (Phi) is 2.75. The van der Waals surface area contributed by atoms with Crippen molar-refractivity contribution in [3.63, 3.8) is 0 Å². The van der Waals surface area contributed by atoms with Crippen molar-refractivity contribution >= 4 is 0 Å². The number of benzene rings is 1. The molecule has 0 amide bonds. The van der Waals surface area contributed by atoms with Crippen LogP contribution in [0.5, 0.6) is 5.75 Å². The Labute approximate surface area is 95.3 Å². The molecule has 0 saturated heterocycles. The number of nitriles is 1. The predicted octanol–water partition coefficient (Wildman–Crippen LogP) is 1.79. The first-order valence-electron chi connectivity index (χ1n) is 4.71. The molecule has 86 valence electrons. The zero-order valence-corrected chi connectivity index (χ0v) is 8.56. The van der Waals surface area contributed by atoms with Gasteiger partial charge < -0.3 is 5.11 Å². The van der Waals surface area contributed by atoms with Crippen LogP contribution in [0.4, 0.5) is 8.78 Å². The van der Waals surface area contributed by atoms with E-state index in [4.69, 9.17) is 5.26 Å². The van der Waals surface area contributed by atoms with E-state index in [9.17, 15) is 13.9 Å². The molecule has 0 atom stereocenters. The molecule has 2 rings (SSSR count). The normalized spacial score (nSPS) is 10.2. The molecule has 0 saturated carbocycles. The van der Waals surface area contributed by atoms with Crippen LogP contribution in [0, 0.1) is 23.0 Å². The van der Waals surface area contributed by atoms with Gasteiger partial charge in [0.15, 0.2) is 11.6 Å². The molecule has 1 aromatic carbocycles. The number of nitrogens with zero attached hydrogens (tertiary/aromatic N) is 3. The second-order valence-electron chi connectivity index (χ2n) is 3.37. The summed E-state index contributed by atoms with van der Waals surface area (Å²) >= 11 is 0. The molecule has 0 aliphatic heterocycles. The number of phenolic OH excluding ortho intramolecular Hbond substituents is 1. The first-order chi connectivity index (χ1) is 8.13. The van der Waals surface area contributed by atoms with E-state index in [-0.39, 0.29) is 12.1 Å². The molecule has 1 N–H and O–H groups in total. The van der Waals surface area contributed by atoms with Gasteiger partial charge in [0, 0.05) is 18.0 Å². The molecular weight excluding hydrogens is 228 g/mol. The smallest absolute Gasteiger partial charge is 0.172 e. The van der Waals surface area contributed by atoms with E-state index in [2.05, 4.69) is 5.10 Å². The third-order valence-corrected chi connectivity index (χ3v) is 2.27. The summed E-state index contributed by atoms with van der Waals surface area (Å²) in [5, 5.41) is 21.7. The van der Waals surface area contributed by atoms with Crippen molar-refractivity contribution in [1.29, 1.82) is 5.26 Å². The highest BCUT2D eigenvalue weighted by atomic mass is 19.1. The lowest BCUT2D eigenvalue weighted by molar-refractivity contribution is 0.418. The highest BCUT2D eigenvalue weighted by Gasteiger charge is 2.17. The maximum Gasteiger partial charge on any atom is 0.172 e. The first-order valence-corrected chi connectivity index (χ1v) is 4.71. The number of aromatic hydroxyl groups is 1. The first kappa shape index (κ1) is 11.1. The average molecular weight is 235 g/mol. The van der Waals surface area contributed by atoms with Crippen molar-refractivity contribution in [2.45, 2.75) is 6.54 Å². The lowest BCUT2D eigenvalue weighted by Crippen LogP contribution is -2.04. The fourth-order valence-corrected chi connectivity index (χ4v) is 1.45. The maximum atomic E-state index is 13.6. The van der Waals surface area contributed by atoms with Crippen LogP contribution < -0.4 is 0 Å². The molecule has 4 nitrogen and oxygen atoms in total. The summed E-state index contributed by atoms with van der Waals surface area (Å²) in [6, 6.07) is 3.92.